The van der Waals surface area contributed by atoms with E-state index < -0.39 is 5.92 Å². The van der Waals surface area contributed by atoms with Gasteiger partial charge in [0, 0.05) is 28.9 Å². The van der Waals surface area contributed by atoms with Crippen molar-refractivity contribution >= 4 is 35.2 Å². The Bertz CT molecular complexity index is 1410. The summed E-state index contributed by atoms with van der Waals surface area (Å²) in [6.45, 7) is 0.0720. The molecule has 3 N–H and O–H groups in total. The number of carbonyl (C=O) groups excluding carboxylic acids is 2. The van der Waals surface area contributed by atoms with Gasteiger partial charge < -0.3 is 10.6 Å². The molecule has 0 saturated carbocycles. The second-order valence-electron chi connectivity index (χ2n) is 7.69. The molecule has 0 spiro atoms. The zero-order valence-corrected chi connectivity index (χ0v) is 19.6. The van der Waals surface area contributed by atoms with E-state index in [0.29, 0.717) is 33.2 Å². The van der Waals surface area contributed by atoms with Gasteiger partial charge in [-0.3, -0.25) is 9.59 Å². The molecule has 4 rings (SSSR count). The number of tetrazole rings is 1. The SMILES string of the molecule is N#Cc1ccc(NC(=O)[C@@H](CNC(=O)/C=C/c2cc(Cl)ccc2-c2nn[nH]n2)c2ccccc2)cc1. The number of anilines is 1. The number of nitrogens with zero attached hydrogens (tertiary/aromatic N) is 4. The molecule has 1 heterocycles. The summed E-state index contributed by atoms with van der Waals surface area (Å²) >= 11 is 6.12. The highest BCUT2D eigenvalue weighted by Crippen LogP contribution is 2.24. The maximum atomic E-state index is 13.1. The molecule has 178 valence electrons. The van der Waals surface area contributed by atoms with Gasteiger partial charge in [-0.2, -0.15) is 10.5 Å². The van der Waals surface area contributed by atoms with Crippen molar-refractivity contribution in [1.82, 2.24) is 25.9 Å². The molecule has 1 aromatic heterocycles. The Morgan fingerprint density at radius 2 is 1.86 bits per heavy atom. The van der Waals surface area contributed by atoms with Crippen LogP contribution in [0, 0.1) is 11.3 Å². The monoisotopic (exact) mass is 497 g/mol. The van der Waals surface area contributed by atoms with Crippen molar-refractivity contribution in [2.45, 2.75) is 5.92 Å². The molecule has 2 amide bonds. The molecule has 36 heavy (non-hydrogen) atoms. The van der Waals surface area contributed by atoms with Gasteiger partial charge in [-0.05, 0) is 64.9 Å². The Hall–Kier alpha value is -4.81. The molecule has 0 saturated heterocycles. The van der Waals surface area contributed by atoms with Crippen LogP contribution in [0.4, 0.5) is 5.69 Å². The standard InChI is InChI=1S/C26H20ClN7O2/c27-20-9-12-22(25-31-33-34-32-25)19(14-20)8-13-24(35)29-16-23(18-4-2-1-3-5-18)26(36)30-21-10-6-17(15-28)7-11-21/h1-14,23H,16H2,(H,29,35)(H,30,36)(H,31,32,33,34)/b13-8+/t23-/m0/s1. The number of nitrogens with one attached hydrogen (secondary N) is 3. The Labute approximate surface area is 211 Å². The third-order valence-corrected chi connectivity index (χ3v) is 5.53. The van der Waals surface area contributed by atoms with Crippen molar-refractivity contribution < 1.29 is 9.59 Å². The van der Waals surface area contributed by atoms with Gasteiger partial charge in [0.15, 0.2) is 0 Å². The minimum atomic E-state index is -0.639. The topological polar surface area (TPSA) is 136 Å². The quantitative estimate of drug-likeness (QED) is 0.315. The zero-order chi connectivity index (χ0) is 25.3. The summed E-state index contributed by atoms with van der Waals surface area (Å²) in [5.41, 5.74) is 3.09. The van der Waals surface area contributed by atoms with Crippen molar-refractivity contribution in [2.24, 2.45) is 0 Å². The Kier molecular flexibility index (Phi) is 7.80. The molecule has 10 heteroatoms. The number of benzene rings is 3. The molecule has 4 aromatic rings. The van der Waals surface area contributed by atoms with Gasteiger partial charge in [0.05, 0.1) is 17.6 Å². The molecule has 1 atom stereocenters. The number of H-pyrrole nitrogens is 1. The number of nitriles is 1. The van der Waals surface area contributed by atoms with E-state index in [9.17, 15) is 9.59 Å². The number of aromatic amines is 1. The Morgan fingerprint density at radius 1 is 1.08 bits per heavy atom. The van der Waals surface area contributed by atoms with Gasteiger partial charge in [0.2, 0.25) is 17.6 Å². The Morgan fingerprint density at radius 3 is 2.56 bits per heavy atom. The molecule has 0 aliphatic rings. The van der Waals surface area contributed by atoms with Crippen molar-refractivity contribution in [2.75, 3.05) is 11.9 Å². The zero-order valence-electron chi connectivity index (χ0n) is 18.9. The first-order valence-corrected chi connectivity index (χ1v) is 11.3. The summed E-state index contributed by atoms with van der Waals surface area (Å²) in [5, 5.41) is 29.0. The van der Waals surface area contributed by atoms with E-state index in [-0.39, 0.29) is 18.4 Å². The van der Waals surface area contributed by atoms with Crippen LogP contribution < -0.4 is 10.6 Å². The molecule has 0 radical (unpaired) electrons. The number of hydrogen-bond donors (Lipinski definition) is 3. The largest absolute Gasteiger partial charge is 0.351 e. The summed E-state index contributed by atoms with van der Waals surface area (Å²) in [7, 11) is 0. The summed E-state index contributed by atoms with van der Waals surface area (Å²) in [5.74, 6) is -0.943. The van der Waals surface area contributed by atoms with E-state index in [0.717, 1.165) is 5.56 Å². The summed E-state index contributed by atoms with van der Waals surface area (Å²) in [4.78, 5) is 25.7. The fourth-order valence-corrected chi connectivity index (χ4v) is 3.66. The van der Waals surface area contributed by atoms with Crippen LogP contribution in [0.5, 0.6) is 0 Å². The van der Waals surface area contributed by atoms with Gasteiger partial charge >= 0.3 is 0 Å². The lowest BCUT2D eigenvalue weighted by molar-refractivity contribution is -0.118. The highest BCUT2D eigenvalue weighted by atomic mass is 35.5. The molecule has 3 aromatic carbocycles. The second kappa shape index (κ2) is 11.6. The van der Waals surface area contributed by atoms with Gasteiger partial charge in [0.25, 0.3) is 0 Å². The van der Waals surface area contributed by atoms with Gasteiger partial charge in [-0.25, -0.2) is 0 Å². The molecule has 0 fully saturated rings. The summed E-state index contributed by atoms with van der Waals surface area (Å²) in [6, 6.07) is 22.9. The number of aromatic nitrogens is 4. The average Bonchev–Trinajstić information content (AvgIpc) is 3.43. The predicted molar refractivity (Wildman–Crippen MR) is 136 cm³/mol. The maximum absolute atomic E-state index is 13.1. The third-order valence-electron chi connectivity index (χ3n) is 5.29. The number of hydrogen-bond acceptors (Lipinski definition) is 6. The highest BCUT2D eigenvalue weighted by Gasteiger charge is 2.21. The molecule has 9 nitrogen and oxygen atoms in total. The van der Waals surface area contributed by atoms with E-state index in [1.165, 1.54) is 6.08 Å². The van der Waals surface area contributed by atoms with Crippen LogP contribution in [0.3, 0.4) is 0 Å². The highest BCUT2D eigenvalue weighted by molar-refractivity contribution is 6.30. The fraction of sp³-hybridized carbons (Fsp3) is 0.0769. The van der Waals surface area contributed by atoms with Gasteiger partial charge in [-0.15, -0.1) is 10.2 Å². The normalized spacial score (nSPS) is 11.6. The second-order valence-corrected chi connectivity index (χ2v) is 8.12. The average molecular weight is 498 g/mol. The summed E-state index contributed by atoms with van der Waals surface area (Å²) < 4.78 is 0. The van der Waals surface area contributed by atoms with Gasteiger partial charge in [0.1, 0.15) is 0 Å². The molecule has 0 aliphatic heterocycles. The predicted octanol–water partition coefficient (Wildman–Crippen LogP) is 3.94. The van der Waals surface area contributed by atoms with Crippen LogP contribution in [0.15, 0.2) is 78.9 Å². The van der Waals surface area contributed by atoms with E-state index in [2.05, 4.69) is 31.3 Å². The molecule has 0 bridgehead atoms. The van der Waals surface area contributed by atoms with E-state index in [4.69, 9.17) is 16.9 Å². The first kappa shape index (κ1) is 24.3. The number of amides is 2. The smallest absolute Gasteiger partial charge is 0.244 e. The van der Waals surface area contributed by atoms with Crippen LogP contribution >= 0.6 is 11.6 Å². The van der Waals surface area contributed by atoms with Crippen LogP contribution in [-0.2, 0) is 9.59 Å². The van der Waals surface area contributed by atoms with Crippen LogP contribution in [0.2, 0.25) is 5.02 Å². The molecular formula is C26H20ClN7O2. The van der Waals surface area contributed by atoms with Crippen LogP contribution in [-0.4, -0.2) is 39.0 Å². The van der Waals surface area contributed by atoms with Gasteiger partial charge in [-0.1, -0.05) is 41.9 Å². The van der Waals surface area contributed by atoms with Crippen LogP contribution in [0.1, 0.15) is 22.6 Å². The lowest BCUT2D eigenvalue weighted by Gasteiger charge is -2.18. The van der Waals surface area contributed by atoms with Crippen molar-refractivity contribution in [3.63, 3.8) is 0 Å². The Balaban J connectivity index is 1.47. The van der Waals surface area contributed by atoms with E-state index in [1.807, 2.05) is 36.4 Å². The molecule has 0 aliphatic carbocycles. The fourth-order valence-electron chi connectivity index (χ4n) is 3.48. The lowest BCUT2D eigenvalue weighted by Crippen LogP contribution is -2.33. The lowest BCUT2D eigenvalue weighted by atomic mass is 9.98. The number of rotatable bonds is 8. The molecular weight excluding hydrogens is 478 g/mol. The van der Waals surface area contributed by atoms with Crippen molar-refractivity contribution in [1.29, 1.82) is 5.26 Å². The minimum absolute atomic E-state index is 0.0720. The summed E-state index contributed by atoms with van der Waals surface area (Å²) in [6.07, 6.45) is 2.96. The van der Waals surface area contributed by atoms with Crippen molar-refractivity contribution in [3.8, 4) is 17.5 Å². The third kappa shape index (κ3) is 6.20. The number of carbonyl (C=O) groups is 2. The van der Waals surface area contributed by atoms with E-state index in [1.54, 1.807) is 48.5 Å². The number of halogens is 1. The van der Waals surface area contributed by atoms with E-state index >= 15 is 0 Å². The van der Waals surface area contributed by atoms with Crippen molar-refractivity contribution in [3.05, 3.63) is 101 Å². The minimum Gasteiger partial charge on any atom is -0.351 e. The maximum Gasteiger partial charge on any atom is 0.244 e. The molecule has 0 unspecified atom stereocenters. The first-order chi connectivity index (χ1) is 17.5. The first-order valence-electron chi connectivity index (χ1n) is 10.9. The van der Waals surface area contributed by atoms with Crippen LogP contribution in [0.25, 0.3) is 17.5 Å².